The molecule has 2 aliphatic rings. The first kappa shape index (κ1) is 29.7. The van der Waals surface area contributed by atoms with Gasteiger partial charge in [0.2, 0.25) is 11.8 Å². The average molecular weight is 684 g/mol. The topological polar surface area (TPSA) is 40.6 Å². The van der Waals surface area contributed by atoms with Crippen LogP contribution in [0, 0.1) is 0 Å². The van der Waals surface area contributed by atoms with Crippen LogP contribution < -0.4 is 0 Å². The summed E-state index contributed by atoms with van der Waals surface area (Å²) in [6.07, 6.45) is 2.79. The fraction of sp³-hybridized carbons (Fsp3) is 0.167. The highest BCUT2D eigenvalue weighted by Crippen LogP contribution is 2.39. The smallest absolute Gasteiger partial charge is 0.246 e. The number of amides is 2. The van der Waals surface area contributed by atoms with Crippen LogP contribution in [-0.2, 0) is 22.7 Å². The maximum Gasteiger partial charge on any atom is 0.246 e. The summed E-state index contributed by atoms with van der Waals surface area (Å²) >= 11 is 7.34. The number of fused-ring (bicyclic) bond motifs is 2. The third-order valence-corrected chi connectivity index (χ3v) is 9.27. The Morgan fingerprint density at radius 1 is 0.595 bits per heavy atom. The van der Waals surface area contributed by atoms with E-state index < -0.39 is 0 Å². The minimum atomic E-state index is -0.0124. The normalized spacial score (nSPS) is 17.2. The van der Waals surface area contributed by atoms with Crippen molar-refractivity contribution in [3.63, 3.8) is 0 Å². The Hall–Kier alpha value is -3.74. The average Bonchev–Trinajstić information content (AvgIpc) is 3.04. The molecule has 0 aromatic heterocycles. The third-order valence-electron chi connectivity index (χ3n) is 7.89. The zero-order chi connectivity index (χ0) is 29.6. The Morgan fingerprint density at radius 2 is 0.976 bits per heavy atom. The molecule has 42 heavy (non-hydrogen) atoms. The van der Waals surface area contributed by atoms with Crippen molar-refractivity contribution in [2.45, 2.75) is 24.9 Å². The Kier molecular flexibility index (Phi) is 9.55. The van der Waals surface area contributed by atoms with Gasteiger partial charge >= 0.3 is 0 Å². The molecule has 0 saturated heterocycles. The van der Waals surface area contributed by atoms with E-state index in [1.165, 1.54) is 45.5 Å². The number of benzene rings is 4. The zero-order valence-electron chi connectivity index (χ0n) is 23.3. The predicted octanol–water partition coefficient (Wildman–Crippen LogP) is 8.22. The second-order valence-corrected chi connectivity index (χ2v) is 12.1. The molecule has 0 fully saturated rings. The van der Waals surface area contributed by atoms with E-state index in [-0.39, 0.29) is 23.7 Å². The molecule has 0 bridgehead atoms. The van der Waals surface area contributed by atoms with Gasteiger partial charge in [0.25, 0.3) is 0 Å². The number of nitrogens with zero attached hydrogens (tertiary/aromatic N) is 2. The lowest BCUT2D eigenvalue weighted by atomic mass is 9.84. The fourth-order valence-electron chi connectivity index (χ4n) is 5.89. The van der Waals surface area contributed by atoms with E-state index in [0.717, 1.165) is 8.95 Å². The molecule has 0 saturated carbocycles. The van der Waals surface area contributed by atoms with Gasteiger partial charge in [0.15, 0.2) is 0 Å². The molecule has 0 N–H and O–H groups in total. The van der Waals surface area contributed by atoms with Crippen LogP contribution >= 0.6 is 31.9 Å². The molecule has 212 valence electrons. The number of hydrogen-bond acceptors (Lipinski definition) is 2. The van der Waals surface area contributed by atoms with E-state index in [0.29, 0.717) is 26.2 Å². The van der Waals surface area contributed by atoms with Crippen molar-refractivity contribution in [3.05, 3.63) is 165 Å². The van der Waals surface area contributed by atoms with Gasteiger partial charge in [-0.05, 0) is 57.7 Å². The summed E-state index contributed by atoms with van der Waals surface area (Å²) in [5, 5.41) is 0. The lowest BCUT2D eigenvalue weighted by Gasteiger charge is -2.35. The van der Waals surface area contributed by atoms with Gasteiger partial charge < -0.3 is 9.80 Å². The first-order chi connectivity index (χ1) is 20.4. The summed E-state index contributed by atoms with van der Waals surface area (Å²) in [7, 11) is 0. The van der Waals surface area contributed by atoms with Crippen LogP contribution in [0.2, 0.25) is 0 Å². The minimum absolute atomic E-state index is 0.0124. The van der Waals surface area contributed by atoms with Crippen molar-refractivity contribution in [2.24, 2.45) is 0 Å². The lowest BCUT2D eigenvalue weighted by Crippen LogP contribution is -2.37. The van der Waals surface area contributed by atoms with Gasteiger partial charge in [0.1, 0.15) is 0 Å². The standard InChI is InChI=1S/2C18H16BrNO/c2*1-2-17(21)20-11-14-9-6-10-16(19)18(14)15(12-20)13-7-4-3-5-8-13/h2*2-10,15H,1,11-12H2/t2*15-/m10/s1. The molecule has 4 nitrogen and oxygen atoms in total. The highest BCUT2D eigenvalue weighted by molar-refractivity contribution is 9.10. The van der Waals surface area contributed by atoms with Gasteiger partial charge in [0.05, 0.1) is 0 Å². The van der Waals surface area contributed by atoms with Crippen molar-refractivity contribution >= 4 is 43.7 Å². The van der Waals surface area contributed by atoms with Crippen LogP contribution in [0.15, 0.2) is 131 Å². The van der Waals surface area contributed by atoms with Crippen molar-refractivity contribution in [3.8, 4) is 0 Å². The van der Waals surface area contributed by atoms with E-state index in [2.05, 4.69) is 93.5 Å². The summed E-state index contributed by atoms with van der Waals surface area (Å²) in [4.78, 5) is 27.8. The lowest BCUT2D eigenvalue weighted by molar-refractivity contribution is -0.127. The molecule has 0 radical (unpaired) electrons. The van der Waals surface area contributed by atoms with Crippen LogP contribution in [0.5, 0.6) is 0 Å². The molecule has 4 aromatic rings. The Balaban J connectivity index is 0.000000168. The Bertz CT molecular complexity index is 1480. The van der Waals surface area contributed by atoms with Gasteiger partial charge in [-0.25, -0.2) is 0 Å². The van der Waals surface area contributed by atoms with E-state index in [4.69, 9.17) is 0 Å². The summed E-state index contributed by atoms with van der Waals surface area (Å²) in [6, 6.07) is 33.0. The number of hydrogen-bond donors (Lipinski definition) is 0. The van der Waals surface area contributed by atoms with Crippen molar-refractivity contribution in [1.82, 2.24) is 9.80 Å². The molecular weight excluding hydrogens is 652 g/mol. The van der Waals surface area contributed by atoms with Crippen LogP contribution in [0.1, 0.15) is 45.2 Å². The first-order valence-corrected chi connectivity index (χ1v) is 15.5. The monoisotopic (exact) mass is 682 g/mol. The van der Waals surface area contributed by atoms with Gasteiger partial charge in [-0.3, -0.25) is 9.59 Å². The summed E-state index contributed by atoms with van der Waals surface area (Å²) in [6.45, 7) is 9.87. The fourth-order valence-corrected chi connectivity index (χ4v) is 7.26. The zero-order valence-corrected chi connectivity index (χ0v) is 26.4. The molecule has 2 heterocycles. The van der Waals surface area contributed by atoms with Crippen molar-refractivity contribution < 1.29 is 9.59 Å². The SMILES string of the molecule is C=CC(=O)N1Cc2cccc(Br)c2[C@@H](c2ccccc2)C1.C=CC(=O)N1Cc2cccc(Br)c2[C@H](c2ccccc2)C1. The molecule has 4 aromatic carbocycles. The second kappa shape index (κ2) is 13.5. The van der Waals surface area contributed by atoms with Crippen molar-refractivity contribution in [1.29, 1.82) is 0 Å². The van der Waals surface area contributed by atoms with Crippen LogP contribution in [0.25, 0.3) is 0 Å². The number of carbonyl (C=O) groups excluding carboxylic acids is 2. The summed E-state index contributed by atoms with van der Waals surface area (Å²) in [5.41, 5.74) is 7.42. The van der Waals surface area contributed by atoms with Crippen LogP contribution in [0.3, 0.4) is 0 Å². The molecular formula is C36H32Br2N2O2. The van der Waals surface area contributed by atoms with E-state index in [1.807, 2.05) is 58.3 Å². The predicted molar refractivity (Wildman–Crippen MR) is 176 cm³/mol. The van der Waals surface area contributed by atoms with Gasteiger partial charge in [-0.1, -0.05) is 130 Å². The van der Waals surface area contributed by atoms with Gasteiger partial charge in [-0.2, -0.15) is 0 Å². The van der Waals surface area contributed by atoms with Crippen molar-refractivity contribution in [2.75, 3.05) is 13.1 Å². The molecule has 0 aliphatic carbocycles. The maximum absolute atomic E-state index is 12.0. The van der Waals surface area contributed by atoms with E-state index >= 15 is 0 Å². The van der Waals surface area contributed by atoms with Crippen LogP contribution in [-0.4, -0.2) is 34.7 Å². The molecule has 0 unspecified atom stereocenters. The van der Waals surface area contributed by atoms with Crippen LogP contribution in [0.4, 0.5) is 0 Å². The van der Waals surface area contributed by atoms with Gasteiger partial charge in [0, 0.05) is 47.0 Å². The van der Waals surface area contributed by atoms with E-state index in [9.17, 15) is 9.59 Å². The minimum Gasteiger partial charge on any atom is -0.334 e. The molecule has 2 atom stereocenters. The Labute approximate surface area is 264 Å². The number of halogens is 2. The third kappa shape index (κ3) is 6.35. The number of carbonyl (C=O) groups is 2. The summed E-state index contributed by atoms with van der Waals surface area (Å²) < 4.78 is 2.22. The molecule has 2 aliphatic heterocycles. The molecule has 6 rings (SSSR count). The second-order valence-electron chi connectivity index (χ2n) is 10.4. The Morgan fingerprint density at radius 3 is 1.33 bits per heavy atom. The summed E-state index contributed by atoms with van der Waals surface area (Å²) in [5.74, 6) is 0.354. The molecule has 0 spiro atoms. The highest BCUT2D eigenvalue weighted by atomic mass is 79.9. The quantitative estimate of drug-likeness (QED) is 0.204. The van der Waals surface area contributed by atoms with Gasteiger partial charge in [-0.15, -0.1) is 0 Å². The van der Waals surface area contributed by atoms with E-state index in [1.54, 1.807) is 0 Å². The highest BCUT2D eigenvalue weighted by Gasteiger charge is 2.31. The largest absolute Gasteiger partial charge is 0.334 e. The molecule has 2 amide bonds. The number of rotatable bonds is 4. The maximum atomic E-state index is 12.0. The molecule has 6 heteroatoms. The first-order valence-electron chi connectivity index (χ1n) is 13.9.